The van der Waals surface area contributed by atoms with Crippen LogP contribution in [0.25, 0.3) is 0 Å². The van der Waals surface area contributed by atoms with Crippen LogP contribution in [-0.4, -0.2) is 17.7 Å². The van der Waals surface area contributed by atoms with Gasteiger partial charge in [-0.15, -0.1) is 0 Å². The van der Waals surface area contributed by atoms with Gasteiger partial charge in [0.1, 0.15) is 12.2 Å². The summed E-state index contributed by atoms with van der Waals surface area (Å²) in [5.41, 5.74) is 2.34. The molecule has 0 atom stereocenters. The van der Waals surface area contributed by atoms with E-state index in [4.69, 9.17) is 0 Å². The van der Waals surface area contributed by atoms with Gasteiger partial charge in [-0.3, -0.25) is 9.59 Å². The minimum absolute atomic E-state index is 0.320. The molecule has 84 valence electrons. The summed E-state index contributed by atoms with van der Waals surface area (Å²) in [5.74, 6) is -1.63. The lowest BCUT2D eigenvalue weighted by Crippen LogP contribution is -2.27. The second-order valence-corrected chi connectivity index (χ2v) is 3.15. The van der Waals surface area contributed by atoms with E-state index in [1.807, 2.05) is 5.48 Å². The highest BCUT2D eigenvalue weighted by Crippen LogP contribution is 1.97. The molecule has 5 nitrogen and oxygen atoms in total. The summed E-state index contributed by atoms with van der Waals surface area (Å²) in [6.07, 6.45) is -0.352. The molecule has 0 radical (unpaired) electrons. The lowest BCUT2D eigenvalue weighted by Gasteiger charge is -2.04. The number of carbonyl (C=O) groups is 3. The Morgan fingerprint density at radius 1 is 1.19 bits per heavy atom. The minimum atomic E-state index is -0.781. The third-order valence-electron chi connectivity index (χ3n) is 1.69. The summed E-state index contributed by atoms with van der Waals surface area (Å²) in [7, 11) is 0. The van der Waals surface area contributed by atoms with Gasteiger partial charge in [0, 0.05) is 5.56 Å². The van der Waals surface area contributed by atoms with E-state index in [9.17, 15) is 14.4 Å². The van der Waals surface area contributed by atoms with Gasteiger partial charge in [0.2, 0.25) is 0 Å². The molecule has 0 fully saturated rings. The van der Waals surface area contributed by atoms with E-state index in [1.165, 1.54) is 6.92 Å². The molecular weight excluding hydrogens is 210 g/mol. The Balaban J connectivity index is 2.42. The van der Waals surface area contributed by atoms with Gasteiger partial charge >= 0.3 is 5.97 Å². The molecule has 1 N–H and O–H groups in total. The third kappa shape index (κ3) is 3.91. The van der Waals surface area contributed by atoms with Crippen LogP contribution >= 0.6 is 0 Å². The summed E-state index contributed by atoms with van der Waals surface area (Å²) in [4.78, 5) is 37.3. The van der Waals surface area contributed by atoms with Crippen molar-refractivity contribution in [3.8, 4) is 0 Å². The largest absolute Gasteiger partial charge is 0.340 e. The predicted octanol–water partition coefficient (Wildman–Crippen LogP) is 0.854. The number of rotatable bonds is 3. The topological polar surface area (TPSA) is 72.5 Å². The van der Waals surface area contributed by atoms with Crippen molar-refractivity contribution in [1.82, 2.24) is 5.48 Å². The van der Waals surface area contributed by atoms with Crippen LogP contribution in [0.15, 0.2) is 30.3 Å². The van der Waals surface area contributed by atoms with E-state index in [0.29, 0.717) is 5.56 Å². The van der Waals surface area contributed by atoms with Gasteiger partial charge in [-0.25, -0.2) is 4.79 Å². The Bertz CT molecular complexity index is 400. The summed E-state index contributed by atoms with van der Waals surface area (Å²) in [6.45, 7) is 1.26. The highest BCUT2D eigenvalue weighted by Gasteiger charge is 2.10. The normalized spacial score (nSPS) is 9.31. The molecule has 1 amide bonds. The van der Waals surface area contributed by atoms with Gasteiger partial charge in [-0.1, -0.05) is 18.2 Å². The molecule has 0 bridgehead atoms. The maximum absolute atomic E-state index is 11.4. The highest BCUT2D eigenvalue weighted by molar-refractivity contribution is 5.96. The molecule has 0 aromatic heterocycles. The first-order chi connectivity index (χ1) is 7.59. The number of hydrogen-bond donors (Lipinski definition) is 1. The molecule has 5 heteroatoms. The number of benzene rings is 1. The number of Topliss-reactive ketones (excluding diaryl/α,β-unsaturated/α-hetero) is 1. The molecule has 0 saturated heterocycles. The molecule has 0 aliphatic carbocycles. The number of hydrogen-bond acceptors (Lipinski definition) is 4. The van der Waals surface area contributed by atoms with E-state index in [2.05, 4.69) is 4.84 Å². The van der Waals surface area contributed by atoms with Gasteiger partial charge in [-0.2, -0.15) is 5.48 Å². The fourth-order valence-corrected chi connectivity index (χ4v) is 0.991. The monoisotopic (exact) mass is 221 g/mol. The minimum Gasteiger partial charge on any atom is -0.340 e. The van der Waals surface area contributed by atoms with Crippen LogP contribution in [-0.2, 0) is 14.4 Å². The average molecular weight is 221 g/mol. The average Bonchev–Trinajstić information content (AvgIpc) is 2.26. The molecular formula is C11H11NO4. The standard InChI is InChI=1S/C11H11NO4/c1-8(13)7-10(14)16-12-11(15)9-5-3-2-4-6-9/h2-6H,7H2,1H3,(H,12,15). The van der Waals surface area contributed by atoms with Gasteiger partial charge in [0.05, 0.1) is 0 Å². The summed E-state index contributed by atoms with van der Waals surface area (Å²) in [6, 6.07) is 8.29. The quantitative estimate of drug-likeness (QED) is 0.606. The van der Waals surface area contributed by atoms with E-state index in [0.717, 1.165) is 0 Å². The summed E-state index contributed by atoms with van der Waals surface area (Å²) < 4.78 is 0. The van der Waals surface area contributed by atoms with Crippen LogP contribution in [0.4, 0.5) is 0 Å². The van der Waals surface area contributed by atoms with Gasteiger partial charge in [0.15, 0.2) is 0 Å². The zero-order valence-corrected chi connectivity index (χ0v) is 8.73. The zero-order chi connectivity index (χ0) is 12.0. The molecule has 0 aliphatic heterocycles. The van der Waals surface area contributed by atoms with Crippen LogP contribution in [0.1, 0.15) is 23.7 Å². The maximum Gasteiger partial charge on any atom is 0.339 e. The number of nitrogens with one attached hydrogen (secondary N) is 1. The number of hydroxylamine groups is 1. The Kier molecular flexibility index (Phi) is 4.20. The van der Waals surface area contributed by atoms with E-state index in [1.54, 1.807) is 30.3 Å². The fraction of sp³-hybridized carbons (Fsp3) is 0.182. The van der Waals surface area contributed by atoms with Gasteiger partial charge in [-0.05, 0) is 19.1 Å². The molecule has 0 unspecified atom stereocenters. The molecule has 1 rings (SSSR count). The SMILES string of the molecule is CC(=O)CC(=O)ONC(=O)c1ccccc1. The van der Waals surface area contributed by atoms with Gasteiger partial charge in [0.25, 0.3) is 5.91 Å². The van der Waals surface area contributed by atoms with E-state index < -0.39 is 11.9 Å². The molecule has 0 aliphatic rings. The number of carbonyl (C=O) groups excluding carboxylic acids is 3. The van der Waals surface area contributed by atoms with Crippen molar-refractivity contribution in [3.05, 3.63) is 35.9 Å². The van der Waals surface area contributed by atoms with Crippen LogP contribution in [0.3, 0.4) is 0 Å². The van der Waals surface area contributed by atoms with Crippen molar-refractivity contribution >= 4 is 17.7 Å². The summed E-state index contributed by atoms with van der Waals surface area (Å²) in [5, 5.41) is 0. The van der Waals surface area contributed by atoms with Crippen LogP contribution in [0.5, 0.6) is 0 Å². The van der Waals surface area contributed by atoms with Crippen molar-refractivity contribution < 1.29 is 19.2 Å². The molecule has 1 aromatic rings. The highest BCUT2D eigenvalue weighted by atomic mass is 16.7. The van der Waals surface area contributed by atoms with Crippen LogP contribution in [0, 0.1) is 0 Å². The Labute approximate surface area is 92.4 Å². The number of amides is 1. The maximum atomic E-state index is 11.4. The van der Waals surface area contributed by atoms with Gasteiger partial charge < -0.3 is 4.84 Å². The van der Waals surface area contributed by atoms with Crippen molar-refractivity contribution in [1.29, 1.82) is 0 Å². The first kappa shape index (κ1) is 11.9. The zero-order valence-electron chi connectivity index (χ0n) is 8.73. The molecule has 16 heavy (non-hydrogen) atoms. The second-order valence-electron chi connectivity index (χ2n) is 3.15. The van der Waals surface area contributed by atoms with Crippen molar-refractivity contribution in [2.24, 2.45) is 0 Å². The molecule has 0 saturated carbocycles. The smallest absolute Gasteiger partial charge is 0.339 e. The Morgan fingerprint density at radius 3 is 2.38 bits per heavy atom. The molecule has 0 spiro atoms. The van der Waals surface area contributed by atoms with Crippen molar-refractivity contribution in [3.63, 3.8) is 0 Å². The van der Waals surface area contributed by atoms with E-state index in [-0.39, 0.29) is 12.2 Å². The Hall–Kier alpha value is -2.17. The lowest BCUT2D eigenvalue weighted by molar-refractivity contribution is -0.150. The fourth-order valence-electron chi connectivity index (χ4n) is 0.991. The van der Waals surface area contributed by atoms with Crippen LogP contribution in [0.2, 0.25) is 0 Å². The van der Waals surface area contributed by atoms with Crippen LogP contribution < -0.4 is 5.48 Å². The second kappa shape index (κ2) is 5.65. The number of ketones is 1. The predicted molar refractivity (Wildman–Crippen MR) is 55.3 cm³/mol. The summed E-state index contributed by atoms with van der Waals surface area (Å²) >= 11 is 0. The Morgan fingerprint density at radius 2 is 1.81 bits per heavy atom. The van der Waals surface area contributed by atoms with E-state index >= 15 is 0 Å². The molecule has 1 aromatic carbocycles. The first-order valence-electron chi connectivity index (χ1n) is 4.64. The molecule has 0 heterocycles. The van der Waals surface area contributed by atoms with Crippen molar-refractivity contribution in [2.45, 2.75) is 13.3 Å². The first-order valence-corrected chi connectivity index (χ1v) is 4.64. The lowest BCUT2D eigenvalue weighted by atomic mass is 10.2. The van der Waals surface area contributed by atoms with Crippen molar-refractivity contribution in [2.75, 3.05) is 0 Å². The third-order valence-corrected chi connectivity index (χ3v) is 1.69.